The van der Waals surface area contributed by atoms with Gasteiger partial charge in [-0.3, -0.25) is 15.6 Å². The van der Waals surface area contributed by atoms with E-state index in [9.17, 15) is 13.6 Å². The van der Waals surface area contributed by atoms with Gasteiger partial charge in [0.05, 0.1) is 22.9 Å². The van der Waals surface area contributed by atoms with Gasteiger partial charge in [0.2, 0.25) is 0 Å². The largest absolute Gasteiger partial charge is 0.363 e. The fourth-order valence-electron chi connectivity index (χ4n) is 3.53. The summed E-state index contributed by atoms with van der Waals surface area (Å²) < 4.78 is 28.7. The molecule has 0 bridgehead atoms. The number of alkyl halides is 2. The van der Waals surface area contributed by atoms with Crippen molar-refractivity contribution in [1.82, 2.24) is 20.6 Å². The lowest BCUT2D eigenvalue weighted by Gasteiger charge is -2.32. The molecule has 7 nitrogen and oxygen atoms in total. The molecular formula is C21H18Cl2F2N6OS. The van der Waals surface area contributed by atoms with Crippen molar-refractivity contribution in [1.29, 1.82) is 0 Å². The van der Waals surface area contributed by atoms with Crippen LogP contribution in [0.15, 0.2) is 54.7 Å². The molecule has 0 fully saturated rings. The van der Waals surface area contributed by atoms with Crippen molar-refractivity contribution in [2.45, 2.75) is 24.9 Å². The number of hydrazine groups is 1. The number of anilines is 2. The van der Waals surface area contributed by atoms with Gasteiger partial charge in [-0.15, -0.1) is 0 Å². The normalized spacial score (nSPS) is 17.1. The minimum Gasteiger partial charge on any atom is -0.363 e. The number of hydrogen-bond acceptors (Lipinski definition) is 4. The standard InChI is InChI=1S/C21H18Cl2F2N6OS/c22-12-6-7-14(23)16(8-12)28-21(33)30-29-20(32)13-10-26-31-17(18(24)25)9-15(27-19(13)31)11-4-2-1-3-5-11/h1-8,10,15,17-18,27H,9H2,(H,29,32)(H2,28,30,33)/t15-,17+/m1/s1. The average molecular weight is 511 g/mol. The minimum atomic E-state index is -2.65. The van der Waals surface area contributed by atoms with Gasteiger partial charge in [0.15, 0.2) is 5.11 Å². The molecule has 4 N–H and O–H groups in total. The first kappa shape index (κ1) is 23.2. The van der Waals surface area contributed by atoms with Crippen molar-refractivity contribution in [2.24, 2.45) is 0 Å². The summed E-state index contributed by atoms with van der Waals surface area (Å²) in [6, 6.07) is 12.4. The molecular weight excluding hydrogens is 493 g/mol. The molecule has 2 atom stereocenters. The summed E-state index contributed by atoms with van der Waals surface area (Å²) in [6.07, 6.45) is -1.28. The molecule has 0 unspecified atom stereocenters. The number of halogens is 4. The van der Waals surface area contributed by atoms with Crippen LogP contribution in [0, 0.1) is 0 Å². The van der Waals surface area contributed by atoms with E-state index in [1.165, 1.54) is 6.20 Å². The Bertz CT molecular complexity index is 1180. The molecule has 4 rings (SSSR count). The van der Waals surface area contributed by atoms with E-state index < -0.39 is 24.4 Å². The summed E-state index contributed by atoms with van der Waals surface area (Å²) >= 11 is 17.2. The SMILES string of the molecule is O=C(NNC(=S)Nc1cc(Cl)ccc1Cl)c1cnn2c1N[C@@H](c1ccccc1)C[C@H]2C(F)F. The summed E-state index contributed by atoms with van der Waals surface area (Å²) in [5.41, 5.74) is 6.38. The third kappa shape index (κ3) is 5.18. The summed E-state index contributed by atoms with van der Waals surface area (Å²) in [6.45, 7) is 0. The molecule has 0 radical (unpaired) electrons. The molecule has 33 heavy (non-hydrogen) atoms. The second-order valence-corrected chi connectivity index (χ2v) is 8.51. The van der Waals surface area contributed by atoms with Gasteiger partial charge >= 0.3 is 0 Å². The van der Waals surface area contributed by atoms with E-state index in [-0.39, 0.29) is 22.9 Å². The van der Waals surface area contributed by atoms with E-state index in [0.717, 1.165) is 10.2 Å². The van der Waals surface area contributed by atoms with Crippen LogP contribution >= 0.6 is 35.4 Å². The van der Waals surface area contributed by atoms with Crippen molar-refractivity contribution in [3.05, 3.63) is 75.9 Å². The number of rotatable bonds is 4. The first-order chi connectivity index (χ1) is 15.8. The number of fused-ring (bicyclic) bond motifs is 1. The number of benzene rings is 2. The van der Waals surface area contributed by atoms with Gasteiger partial charge < -0.3 is 10.6 Å². The Labute approximate surface area is 203 Å². The Hall–Kier alpha value is -2.95. The predicted octanol–water partition coefficient (Wildman–Crippen LogP) is 5.18. The third-order valence-corrected chi connectivity index (χ3v) is 5.87. The quantitative estimate of drug-likeness (QED) is 0.285. The van der Waals surface area contributed by atoms with Crippen molar-refractivity contribution in [3.63, 3.8) is 0 Å². The van der Waals surface area contributed by atoms with E-state index in [1.807, 2.05) is 30.3 Å². The summed E-state index contributed by atoms with van der Waals surface area (Å²) in [5.74, 6) is -0.400. The zero-order chi connectivity index (χ0) is 23.5. The first-order valence-electron chi connectivity index (χ1n) is 9.83. The van der Waals surface area contributed by atoms with E-state index in [1.54, 1.807) is 18.2 Å². The van der Waals surface area contributed by atoms with Crippen LogP contribution in [0.3, 0.4) is 0 Å². The van der Waals surface area contributed by atoms with Gasteiger partial charge in [0.25, 0.3) is 12.3 Å². The molecule has 3 aromatic rings. The lowest BCUT2D eigenvalue weighted by atomic mass is 9.97. The highest BCUT2D eigenvalue weighted by Crippen LogP contribution is 2.39. The molecule has 1 aromatic heterocycles. The van der Waals surface area contributed by atoms with E-state index in [0.29, 0.717) is 15.7 Å². The second kappa shape index (κ2) is 9.90. The van der Waals surface area contributed by atoms with Crippen molar-refractivity contribution >= 4 is 57.9 Å². The zero-order valence-electron chi connectivity index (χ0n) is 16.9. The maximum atomic E-state index is 13.8. The molecule has 0 saturated heterocycles. The van der Waals surface area contributed by atoms with Gasteiger partial charge in [-0.1, -0.05) is 53.5 Å². The van der Waals surface area contributed by atoms with Crippen molar-refractivity contribution < 1.29 is 13.6 Å². The summed E-state index contributed by atoms with van der Waals surface area (Å²) in [7, 11) is 0. The van der Waals surface area contributed by atoms with E-state index >= 15 is 0 Å². The Balaban J connectivity index is 1.48. The fraction of sp³-hybridized carbons (Fsp3) is 0.190. The molecule has 1 aliphatic rings. The highest BCUT2D eigenvalue weighted by Gasteiger charge is 2.36. The van der Waals surface area contributed by atoms with E-state index in [2.05, 4.69) is 26.6 Å². The highest BCUT2D eigenvalue weighted by atomic mass is 35.5. The zero-order valence-corrected chi connectivity index (χ0v) is 19.2. The fourth-order valence-corrected chi connectivity index (χ4v) is 4.03. The molecule has 2 heterocycles. The van der Waals surface area contributed by atoms with Crippen molar-refractivity contribution in [3.8, 4) is 0 Å². The van der Waals surface area contributed by atoms with Gasteiger partial charge in [0.1, 0.15) is 17.4 Å². The van der Waals surface area contributed by atoms with Crippen LogP contribution < -0.4 is 21.5 Å². The number of hydrogen-bond donors (Lipinski definition) is 4. The van der Waals surface area contributed by atoms with E-state index in [4.69, 9.17) is 35.4 Å². The monoisotopic (exact) mass is 510 g/mol. The Morgan fingerprint density at radius 3 is 2.67 bits per heavy atom. The summed E-state index contributed by atoms with van der Waals surface area (Å²) in [4.78, 5) is 12.8. The molecule has 172 valence electrons. The number of nitrogens with one attached hydrogen (secondary N) is 4. The maximum absolute atomic E-state index is 13.8. The van der Waals surface area contributed by atoms with Crippen LogP contribution in [0.5, 0.6) is 0 Å². The second-order valence-electron chi connectivity index (χ2n) is 7.25. The predicted molar refractivity (Wildman–Crippen MR) is 128 cm³/mol. The average Bonchev–Trinajstić information content (AvgIpc) is 3.24. The number of carbonyl (C=O) groups is 1. The maximum Gasteiger partial charge on any atom is 0.275 e. The van der Waals surface area contributed by atoms with Crippen LogP contribution in [-0.4, -0.2) is 27.2 Å². The van der Waals surface area contributed by atoms with Crippen LogP contribution in [0.4, 0.5) is 20.3 Å². The first-order valence-corrected chi connectivity index (χ1v) is 11.0. The Kier molecular flexibility index (Phi) is 6.96. The van der Waals surface area contributed by atoms with Crippen LogP contribution in [0.2, 0.25) is 10.0 Å². The minimum absolute atomic E-state index is 0.0501. The van der Waals surface area contributed by atoms with Gasteiger partial charge in [-0.2, -0.15) is 5.10 Å². The van der Waals surface area contributed by atoms with Crippen molar-refractivity contribution in [2.75, 3.05) is 10.6 Å². The summed E-state index contributed by atoms with van der Waals surface area (Å²) in [5, 5.41) is 10.9. The topological polar surface area (TPSA) is 83.0 Å². The Morgan fingerprint density at radius 1 is 1.18 bits per heavy atom. The number of amides is 1. The smallest absolute Gasteiger partial charge is 0.275 e. The number of carbonyl (C=O) groups excluding carboxylic acids is 1. The molecule has 1 amide bonds. The third-order valence-electron chi connectivity index (χ3n) is 5.10. The van der Waals surface area contributed by atoms with Gasteiger partial charge in [-0.05, 0) is 42.4 Å². The number of aromatic nitrogens is 2. The molecule has 1 aliphatic heterocycles. The molecule has 12 heteroatoms. The molecule has 0 aliphatic carbocycles. The Morgan fingerprint density at radius 2 is 1.94 bits per heavy atom. The number of nitrogens with zero attached hydrogens (tertiary/aromatic N) is 2. The highest BCUT2D eigenvalue weighted by molar-refractivity contribution is 7.80. The van der Waals surface area contributed by atoms with Gasteiger partial charge in [0, 0.05) is 5.02 Å². The molecule has 0 saturated carbocycles. The van der Waals surface area contributed by atoms with Gasteiger partial charge in [-0.25, -0.2) is 13.5 Å². The van der Waals surface area contributed by atoms with Crippen LogP contribution in [-0.2, 0) is 0 Å². The van der Waals surface area contributed by atoms with Crippen LogP contribution in [0.25, 0.3) is 0 Å². The molecule has 0 spiro atoms. The molecule has 2 aromatic carbocycles. The van der Waals surface area contributed by atoms with Crippen LogP contribution in [0.1, 0.15) is 34.4 Å². The lowest BCUT2D eigenvalue weighted by molar-refractivity contribution is 0.0656. The lowest BCUT2D eigenvalue weighted by Crippen LogP contribution is -2.44. The number of thiocarbonyl (C=S) groups is 1.